The molecule has 0 fully saturated rings. The lowest BCUT2D eigenvalue weighted by molar-refractivity contribution is -0.140. The zero-order valence-electron chi connectivity index (χ0n) is 10.0. The number of nitrogens with zero attached hydrogens (tertiary/aromatic N) is 2. The smallest absolute Gasteiger partial charge is 0.326 e. The van der Waals surface area contributed by atoms with E-state index in [1.165, 1.54) is 10.9 Å². The standard InChI is InChI=1S/C10H14N4O4/c1-5-6(4-12-14(5)2)9(16)13-7(10(17)18)3-8(11)15/h4,7H,3H2,1-2H3,(H2,11,15)(H,13,16)(H,17,18). The summed E-state index contributed by atoms with van der Waals surface area (Å²) in [5.41, 5.74) is 5.76. The van der Waals surface area contributed by atoms with Crippen LogP contribution in [0.3, 0.4) is 0 Å². The molecule has 8 heteroatoms. The Morgan fingerprint density at radius 3 is 2.56 bits per heavy atom. The number of rotatable bonds is 5. The van der Waals surface area contributed by atoms with Gasteiger partial charge in [0.15, 0.2) is 0 Å². The maximum absolute atomic E-state index is 11.8. The van der Waals surface area contributed by atoms with Crippen molar-refractivity contribution in [2.45, 2.75) is 19.4 Å². The number of nitrogens with one attached hydrogen (secondary N) is 1. The van der Waals surface area contributed by atoms with E-state index in [0.717, 1.165) is 0 Å². The number of primary amides is 1. The molecule has 4 N–H and O–H groups in total. The van der Waals surface area contributed by atoms with Crippen LogP contribution in [0.5, 0.6) is 0 Å². The van der Waals surface area contributed by atoms with Gasteiger partial charge in [0.25, 0.3) is 5.91 Å². The van der Waals surface area contributed by atoms with Crippen LogP contribution in [-0.2, 0) is 16.6 Å². The van der Waals surface area contributed by atoms with E-state index in [-0.39, 0.29) is 5.56 Å². The van der Waals surface area contributed by atoms with E-state index in [1.54, 1.807) is 14.0 Å². The van der Waals surface area contributed by atoms with Crippen LogP contribution >= 0.6 is 0 Å². The zero-order chi connectivity index (χ0) is 13.9. The summed E-state index contributed by atoms with van der Waals surface area (Å²) in [5, 5.41) is 14.9. The fraction of sp³-hybridized carbons (Fsp3) is 0.400. The molecule has 0 radical (unpaired) electrons. The number of carboxylic acids is 1. The largest absolute Gasteiger partial charge is 0.480 e. The van der Waals surface area contributed by atoms with Gasteiger partial charge in [-0.3, -0.25) is 14.3 Å². The highest BCUT2D eigenvalue weighted by Crippen LogP contribution is 2.06. The van der Waals surface area contributed by atoms with Gasteiger partial charge in [-0.25, -0.2) is 4.79 Å². The number of carbonyl (C=O) groups excluding carboxylic acids is 2. The van der Waals surface area contributed by atoms with Crippen LogP contribution in [0.1, 0.15) is 22.5 Å². The summed E-state index contributed by atoms with van der Waals surface area (Å²) >= 11 is 0. The summed E-state index contributed by atoms with van der Waals surface area (Å²) in [6.07, 6.45) is 0.869. The van der Waals surface area contributed by atoms with Crippen LogP contribution in [0, 0.1) is 6.92 Å². The van der Waals surface area contributed by atoms with Crippen LogP contribution in [0.25, 0.3) is 0 Å². The van der Waals surface area contributed by atoms with Crippen molar-refractivity contribution in [3.63, 3.8) is 0 Å². The van der Waals surface area contributed by atoms with Gasteiger partial charge in [-0.15, -0.1) is 0 Å². The van der Waals surface area contributed by atoms with Crippen molar-refractivity contribution in [1.29, 1.82) is 0 Å². The van der Waals surface area contributed by atoms with Crippen LogP contribution in [0.15, 0.2) is 6.20 Å². The van der Waals surface area contributed by atoms with E-state index in [1.807, 2.05) is 0 Å². The van der Waals surface area contributed by atoms with Gasteiger partial charge in [-0.2, -0.15) is 5.10 Å². The maximum Gasteiger partial charge on any atom is 0.326 e. The van der Waals surface area contributed by atoms with Crippen molar-refractivity contribution in [2.75, 3.05) is 0 Å². The number of hydrogen-bond acceptors (Lipinski definition) is 4. The minimum atomic E-state index is -1.34. The van der Waals surface area contributed by atoms with E-state index in [2.05, 4.69) is 10.4 Å². The molecular formula is C10H14N4O4. The molecule has 0 aromatic carbocycles. The summed E-state index contributed by atoms with van der Waals surface area (Å²) in [4.78, 5) is 33.3. The second-order valence-corrected chi connectivity index (χ2v) is 3.80. The van der Waals surface area contributed by atoms with Crippen LogP contribution in [0.4, 0.5) is 0 Å². The average Bonchev–Trinajstić information content (AvgIpc) is 2.58. The van der Waals surface area contributed by atoms with E-state index < -0.39 is 30.2 Å². The summed E-state index contributed by atoms with van der Waals surface area (Å²) in [6.45, 7) is 1.67. The molecule has 1 heterocycles. The molecule has 1 aromatic rings. The molecule has 0 aliphatic carbocycles. The van der Waals surface area contributed by atoms with Crippen LogP contribution in [0.2, 0.25) is 0 Å². The number of carbonyl (C=O) groups is 3. The highest BCUT2D eigenvalue weighted by molar-refractivity contribution is 5.98. The van der Waals surface area contributed by atoms with Gasteiger partial charge in [0, 0.05) is 12.7 Å². The van der Waals surface area contributed by atoms with Gasteiger partial charge in [0.1, 0.15) is 6.04 Å². The molecular weight excluding hydrogens is 240 g/mol. The summed E-state index contributed by atoms with van der Waals surface area (Å²) in [7, 11) is 1.66. The second kappa shape index (κ2) is 5.30. The molecule has 1 aromatic heterocycles. The summed E-state index contributed by atoms with van der Waals surface area (Å²) in [5.74, 6) is -2.72. The molecule has 1 unspecified atom stereocenters. The van der Waals surface area contributed by atoms with Gasteiger partial charge >= 0.3 is 5.97 Å². The van der Waals surface area contributed by atoms with Crippen molar-refractivity contribution in [3.05, 3.63) is 17.5 Å². The summed E-state index contributed by atoms with van der Waals surface area (Å²) < 4.78 is 1.48. The maximum atomic E-state index is 11.8. The quantitative estimate of drug-likeness (QED) is 0.607. The average molecular weight is 254 g/mol. The minimum Gasteiger partial charge on any atom is -0.480 e. The molecule has 0 saturated heterocycles. The lowest BCUT2D eigenvalue weighted by atomic mass is 10.1. The summed E-state index contributed by atoms with van der Waals surface area (Å²) in [6, 6.07) is -1.34. The normalized spacial score (nSPS) is 11.9. The lowest BCUT2D eigenvalue weighted by Gasteiger charge is -2.12. The molecule has 0 bridgehead atoms. The Kier molecular flexibility index (Phi) is 4.03. The van der Waals surface area contributed by atoms with Gasteiger partial charge in [0.2, 0.25) is 5.91 Å². The molecule has 0 aliphatic rings. The Hall–Kier alpha value is -2.38. The zero-order valence-corrected chi connectivity index (χ0v) is 10.0. The molecule has 0 aliphatic heterocycles. The van der Waals surface area contributed by atoms with Crippen molar-refractivity contribution >= 4 is 17.8 Å². The third kappa shape index (κ3) is 3.06. The molecule has 0 spiro atoms. The van der Waals surface area contributed by atoms with Crippen molar-refractivity contribution in [2.24, 2.45) is 12.8 Å². The molecule has 0 saturated carbocycles. The first kappa shape index (κ1) is 13.7. The van der Waals surface area contributed by atoms with Crippen LogP contribution < -0.4 is 11.1 Å². The fourth-order valence-electron chi connectivity index (χ4n) is 1.36. The predicted octanol–water partition coefficient (Wildman–Crippen LogP) is -1.21. The number of aromatic nitrogens is 2. The lowest BCUT2D eigenvalue weighted by Crippen LogP contribution is -2.43. The fourth-order valence-corrected chi connectivity index (χ4v) is 1.36. The highest BCUT2D eigenvalue weighted by Gasteiger charge is 2.24. The molecule has 1 rings (SSSR count). The first-order chi connectivity index (χ1) is 8.32. The second-order valence-electron chi connectivity index (χ2n) is 3.80. The predicted molar refractivity (Wildman–Crippen MR) is 60.6 cm³/mol. The van der Waals surface area contributed by atoms with Gasteiger partial charge < -0.3 is 16.2 Å². The van der Waals surface area contributed by atoms with Crippen molar-refractivity contribution in [3.8, 4) is 0 Å². The number of nitrogens with two attached hydrogens (primary N) is 1. The minimum absolute atomic E-state index is 0.258. The SMILES string of the molecule is Cc1c(C(=O)NC(CC(N)=O)C(=O)O)cnn1C. The number of aliphatic carboxylic acids is 1. The number of hydrogen-bond donors (Lipinski definition) is 3. The highest BCUT2D eigenvalue weighted by atomic mass is 16.4. The Morgan fingerprint density at radius 1 is 1.56 bits per heavy atom. The molecule has 2 amide bonds. The van der Waals surface area contributed by atoms with E-state index in [0.29, 0.717) is 5.69 Å². The number of aryl methyl sites for hydroxylation is 1. The molecule has 8 nitrogen and oxygen atoms in total. The van der Waals surface area contributed by atoms with Crippen molar-refractivity contribution in [1.82, 2.24) is 15.1 Å². The molecule has 18 heavy (non-hydrogen) atoms. The van der Waals surface area contributed by atoms with E-state index in [9.17, 15) is 14.4 Å². The van der Waals surface area contributed by atoms with E-state index >= 15 is 0 Å². The van der Waals surface area contributed by atoms with Crippen molar-refractivity contribution < 1.29 is 19.5 Å². The molecule has 1 atom stereocenters. The monoisotopic (exact) mass is 254 g/mol. The first-order valence-electron chi connectivity index (χ1n) is 5.13. The van der Waals surface area contributed by atoms with E-state index in [4.69, 9.17) is 10.8 Å². The third-order valence-corrected chi connectivity index (χ3v) is 2.49. The Bertz CT molecular complexity index is 494. The van der Waals surface area contributed by atoms with Gasteiger partial charge in [-0.1, -0.05) is 0 Å². The molecule has 98 valence electrons. The third-order valence-electron chi connectivity index (χ3n) is 2.49. The number of carboxylic acid groups (broad SMARTS) is 1. The number of amides is 2. The Labute approximate surface area is 103 Å². The topological polar surface area (TPSA) is 127 Å². The van der Waals surface area contributed by atoms with Crippen LogP contribution in [-0.4, -0.2) is 38.7 Å². The Morgan fingerprint density at radius 2 is 2.17 bits per heavy atom. The van der Waals surface area contributed by atoms with Gasteiger partial charge in [-0.05, 0) is 6.92 Å². The van der Waals surface area contributed by atoms with Gasteiger partial charge in [0.05, 0.1) is 18.2 Å². The first-order valence-corrected chi connectivity index (χ1v) is 5.13. The Balaban J connectivity index is 2.82.